The van der Waals surface area contributed by atoms with Gasteiger partial charge in [-0.2, -0.15) is 5.10 Å². The van der Waals surface area contributed by atoms with Crippen LogP contribution in [0, 0.1) is 0 Å². The smallest absolute Gasteiger partial charge is 0.267 e. The fraction of sp³-hybridized carbons (Fsp3) is 0.316. The number of aromatic nitrogens is 4. The van der Waals surface area contributed by atoms with E-state index in [-0.39, 0.29) is 11.5 Å². The monoisotopic (exact) mass is 381 g/mol. The van der Waals surface area contributed by atoms with E-state index in [9.17, 15) is 9.59 Å². The first-order chi connectivity index (χ1) is 13.1. The van der Waals surface area contributed by atoms with Gasteiger partial charge in [0.05, 0.1) is 11.4 Å². The number of pyridine rings is 1. The molecular weight excluding hydrogens is 362 g/mol. The Balaban J connectivity index is 1.56. The summed E-state index contributed by atoms with van der Waals surface area (Å²) in [5.41, 5.74) is 2.13. The Morgan fingerprint density at radius 3 is 2.89 bits per heavy atom. The molecule has 4 rings (SSSR count). The van der Waals surface area contributed by atoms with Crippen molar-refractivity contribution in [2.75, 3.05) is 5.32 Å². The highest BCUT2D eigenvalue weighted by molar-refractivity contribution is 7.15. The highest BCUT2D eigenvalue weighted by Crippen LogP contribution is 2.29. The van der Waals surface area contributed by atoms with E-state index < -0.39 is 6.04 Å². The molecule has 0 saturated heterocycles. The third kappa shape index (κ3) is 3.66. The largest absolute Gasteiger partial charge is 0.300 e. The number of fused-ring (bicyclic) bond motifs is 1. The van der Waals surface area contributed by atoms with Crippen LogP contribution in [0.1, 0.15) is 36.4 Å². The van der Waals surface area contributed by atoms with Crippen LogP contribution in [0.2, 0.25) is 0 Å². The van der Waals surface area contributed by atoms with Crippen molar-refractivity contribution in [3.05, 3.63) is 57.6 Å². The molecule has 3 aromatic rings. The van der Waals surface area contributed by atoms with Crippen molar-refractivity contribution in [2.24, 2.45) is 0 Å². The maximum absolute atomic E-state index is 12.7. The Morgan fingerprint density at radius 2 is 2.11 bits per heavy atom. The summed E-state index contributed by atoms with van der Waals surface area (Å²) in [6, 6.07) is 5.95. The van der Waals surface area contributed by atoms with Crippen LogP contribution in [-0.2, 0) is 17.6 Å². The van der Waals surface area contributed by atoms with Gasteiger partial charge >= 0.3 is 0 Å². The minimum Gasteiger partial charge on any atom is -0.300 e. The Morgan fingerprint density at radius 1 is 1.26 bits per heavy atom. The number of nitrogens with one attached hydrogen (secondary N) is 1. The molecule has 0 spiro atoms. The highest BCUT2D eigenvalue weighted by Gasteiger charge is 2.21. The molecular formula is C19H19N5O2S. The van der Waals surface area contributed by atoms with Gasteiger partial charge < -0.3 is 5.32 Å². The van der Waals surface area contributed by atoms with Gasteiger partial charge in [0.1, 0.15) is 6.04 Å². The van der Waals surface area contributed by atoms with Crippen LogP contribution in [0.3, 0.4) is 0 Å². The van der Waals surface area contributed by atoms with Crippen molar-refractivity contribution in [1.82, 2.24) is 19.7 Å². The lowest BCUT2D eigenvalue weighted by Gasteiger charge is -2.14. The molecule has 138 valence electrons. The number of anilines is 1. The lowest BCUT2D eigenvalue weighted by molar-refractivity contribution is -0.119. The molecule has 1 aliphatic rings. The molecule has 0 fully saturated rings. The third-order valence-corrected chi connectivity index (χ3v) is 5.68. The summed E-state index contributed by atoms with van der Waals surface area (Å²) in [6.45, 7) is 1.66. The molecule has 1 unspecified atom stereocenters. The van der Waals surface area contributed by atoms with E-state index in [4.69, 9.17) is 0 Å². The van der Waals surface area contributed by atoms with Crippen LogP contribution in [0.15, 0.2) is 41.5 Å². The van der Waals surface area contributed by atoms with Gasteiger partial charge in [-0.1, -0.05) is 0 Å². The number of rotatable bonds is 4. The maximum atomic E-state index is 12.7. The summed E-state index contributed by atoms with van der Waals surface area (Å²) >= 11 is 1.52. The second-order valence-corrected chi connectivity index (χ2v) is 7.59. The summed E-state index contributed by atoms with van der Waals surface area (Å²) in [7, 11) is 0. The van der Waals surface area contributed by atoms with Crippen molar-refractivity contribution >= 4 is 22.4 Å². The zero-order chi connectivity index (χ0) is 18.8. The van der Waals surface area contributed by atoms with Crippen LogP contribution < -0.4 is 10.9 Å². The fourth-order valence-corrected chi connectivity index (χ4v) is 4.15. The predicted molar refractivity (Wildman–Crippen MR) is 104 cm³/mol. The number of aryl methyl sites for hydroxylation is 2. The van der Waals surface area contributed by atoms with Crippen LogP contribution in [-0.4, -0.2) is 25.7 Å². The molecule has 1 amide bonds. The standard InChI is InChI=1S/C19H19N5O2S/c1-12(18(26)22-19-21-15-6-2-3-7-16(15)27-19)24-17(25)9-8-14(23-24)13-5-4-10-20-11-13/h4-5,8-12H,2-3,6-7H2,1H3,(H,21,22,26). The molecule has 27 heavy (non-hydrogen) atoms. The average molecular weight is 381 g/mol. The molecule has 0 saturated carbocycles. The van der Waals surface area contributed by atoms with Crippen LogP contribution in [0.4, 0.5) is 5.13 Å². The zero-order valence-electron chi connectivity index (χ0n) is 14.9. The van der Waals surface area contributed by atoms with E-state index >= 15 is 0 Å². The lowest BCUT2D eigenvalue weighted by atomic mass is 10.0. The average Bonchev–Trinajstić information content (AvgIpc) is 3.10. The Hall–Kier alpha value is -2.87. The SMILES string of the molecule is CC(C(=O)Nc1nc2c(s1)CCCC2)n1nc(-c2cccnc2)ccc1=O. The Labute approximate surface area is 160 Å². The quantitative estimate of drug-likeness (QED) is 0.750. The fourth-order valence-electron chi connectivity index (χ4n) is 3.10. The number of amides is 1. The van der Waals surface area contributed by atoms with E-state index in [2.05, 4.69) is 20.4 Å². The summed E-state index contributed by atoms with van der Waals surface area (Å²) in [4.78, 5) is 34.8. The number of hydrogen-bond donors (Lipinski definition) is 1. The molecule has 0 radical (unpaired) electrons. The van der Waals surface area contributed by atoms with Crippen molar-refractivity contribution in [3.63, 3.8) is 0 Å². The van der Waals surface area contributed by atoms with Gasteiger partial charge in [0.2, 0.25) is 0 Å². The molecule has 1 atom stereocenters. The predicted octanol–water partition coefficient (Wildman–Crippen LogP) is 2.84. The van der Waals surface area contributed by atoms with Crippen LogP contribution in [0.5, 0.6) is 0 Å². The number of carbonyl (C=O) groups is 1. The minimum atomic E-state index is -0.755. The topological polar surface area (TPSA) is 89.8 Å². The maximum Gasteiger partial charge on any atom is 0.267 e. The molecule has 1 aliphatic carbocycles. The molecule has 1 N–H and O–H groups in total. The van der Waals surface area contributed by atoms with Crippen LogP contribution >= 0.6 is 11.3 Å². The first-order valence-corrected chi connectivity index (χ1v) is 9.73. The number of hydrogen-bond acceptors (Lipinski definition) is 6. The minimum absolute atomic E-state index is 0.306. The van der Waals surface area contributed by atoms with Gasteiger partial charge in [-0.15, -0.1) is 11.3 Å². The van der Waals surface area contributed by atoms with Crippen molar-refractivity contribution < 1.29 is 4.79 Å². The molecule has 0 aliphatic heterocycles. The second kappa shape index (κ2) is 7.40. The molecule has 3 heterocycles. The normalized spacial score (nSPS) is 14.4. The van der Waals surface area contributed by atoms with Gasteiger partial charge in [0, 0.05) is 28.9 Å². The van der Waals surface area contributed by atoms with Gasteiger partial charge in [0.15, 0.2) is 5.13 Å². The number of nitrogens with zero attached hydrogens (tertiary/aromatic N) is 4. The first kappa shape index (κ1) is 17.5. The molecule has 7 nitrogen and oxygen atoms in total. The van der Waals surface area contributed by atoms with E-state index in [0.29, 0.717) is 10.8 Å². The van der Waals surface area contributed by atoms with Crippen molar-refractivity contribution in [2.45, 2.75) is 38.6 Å². The molecule has 0 aromatic carbocycles. The van der Waals surface area contributed by atoms with Crippen LogP contribution in [0.25, 0.3) is 11.3 Å². The zero-order valence-corrected chi connectivity index (χ0v) is 15.7. The summed E-state index contributed by atoms with van der Waals surface area (Å²) < 4.78 is 1.20. The third-order valence-electron chi connectivity index (χ3n) is 4.60. The summed E-state index contributed by atoms with van der Waals surface area (Å²) in [5, 5.41) is 7.79. The second-order valence-electron chi connectivity index (χ2n) is 6.50. The molecule has 0 bridgehead atoms. The van der Waals surface area contributed by atoms with Gasteiger partial charge in [-0.25, -0.2) is 9.67 Å². The summed E-state index contributed by atoms with van der Waals surface area (Å²) in [5.74, 6) is -0.306. The van der Waals surface area contributed by atoms with Crippen molar-refractivity contribution in [1.29, 1.82) is 0 Å². The lowest BCUT2D eigenvalue weighted by Crippen LogP contribution is -2.33. The van der Waals surface area contributed by atoms with Gasteiger partial charge in [-0.05, 0) is 50.8 Å². The highest BCUT2D eigenvalue weighted by atomic mass is 32.1. The molecule has 8 heteroatoms. The van der Waals surface area contributed by atoms with Gasteiger partial charge in [0.25, 0.3) is 11.5 Å². The first-order valence-electron chi connectivity index (χ1n) is 8.91. The number of carbonyl (C=O) groups excluding carboxylic acids is 1. The van der Waals surface area contributed by atoms with E-state index in [1.54, 1.807) is 31.5 Å². The van der Waals surface area contributed by atoms with Gasteiger partial charge in [-0.3, -0.25) is 14.6 Å². The summed E-state index contributed by atoms with van der Waals surface area (Å²) in [6.07, 6.45) is 7.63. The Bertz CT molecular complexity index is 1000. The van der Waals surface area contributed by atoms with E-state index in [1.807, 2.05) is 6.07 Å². The van der Waals surface area contributed by atoms with Crippen molar-refractivity contribution in [3.8, 4) is 11.3 Å². The van der Waals surface area contributed by atoms with E-state index in [1.165, 1.54) is 33.4 Å². The molecule has 3 aromatic heterocycles. The Kier molecular flexibility index (Phi) is 4.81. The van der Waals surface area contributed by atoms with E-state index in [0.717, 1.165) is 30.5 Å². The number of thiazole rings is 1.